The van der Waals surface area contributed by atoms with E-state index in [1.165, 1.54) is 6.26 Å². The van der Waals surface area contributed by atoms with E-state index in [0.717, 1.165) is 44.1 Å². The Bertz CT molecular complexity index is 619. The van der Waals surface area contributed by atoms with Crippen molar-refractivity contribution in [2.75, 3.05) is 17.7 Å². The van der Waals surface area contributed by atoms with Gasteiger partial charge in [-0.1, -0.05) is 12.8 Å². The summed E-state index contributed by atoms with van der Waals surface area (Å²) < 4.78 is 11.8. The number of aromatic nitrogens is 2. The first-order chi connectivity index (χ1) is 11.6. The molecule has 1 N–H and O–H groups in total. The van der Waals surface area contributed by atoms with E-state index in [4.69, 9.17) is 0 Å². The van der Waals surface area contributed by atoms with Gasteiger partial charge in [0.15, 0.2) is 0 Å². The molecule has 1 unspecified atom stereocenters. The maximum Gasteiger partial charge on any atom is 0.344 e. The first kappa shape index (κ1) is 17.2. The van der Waals surface area contributed by atoms with Crippen molar-refractivity contribution in [1.82, 2.24) is 15.3 Å². The van der Waals surface area contributed by atoms with Crippen LogP contribution in [0.25, 0.3) is 0 Å². The molecule has 24 heavy (non-hydrogen) atoms. The molecule has 1 aliphatic heterocycles. The number of nitrogens with one attached hydrogen (secondary N) is 1. The Morgan fingerprint density at radius 1 is 1.42 bits per heavy atom. The number of amides is 2. The average molecular weight is 350 g/mol. The summed E-state index contributed by atoms with van der Waals surface area (Å²) in [6.07, 6.45) is 9.27. The number of carbonyl (C=O) groups is 2. The molecule has 1 saturated carbocycles. The fourth-order valence-electron chi connectivity index (χ4n) is 3.48. The van der Waals surface area contributed by atoms with Crippen LogP contribution in [0.15, 0.2) is 11.4 Å². The molecule has 2 fully saturated rings. The molecular formula is C16H22N4O3S. The van der Waals surface area contributed by atoms with E-state index in [1.807, 2.05) is 0 Å². The monoisotopic (exact) mass is 350 g/mol. The molecule has 0 bridgehead atoms. The van der Waals surface area contributed by atoms with Gasteiger partial charge in [0.25, 0.3) is 0 Å². The Hall–Kier alpha value is -1.67. The van der Waals surface area contributed by atoms with Gasteiger partial charge in [-0.3, -0.25) is 14.5 Å². The van der Waals surface area contributed by atoms with Gasteiger partial charge < -0.3 is 9.87 Å². The fourth-order valence-corrected chi connectivity index (χ4v) is 3.90. The predicted octanol–water partition coefficient (Wildman–Crippen LogP) is 0.798. The third-order valence-corrected chi connectivity index (χ3v) is 5.49. The zero-order valence-corrected chi connectivity index (χ0v) is 14.6. The highest BCUT2D eigenvalue weighted by Gasteiger charge is 2.30. The average Bonchev–Trinajstić information content (AvgIpc) is 3.22. The number of nitrogens with zero attached hydrogens (tertiary/aromatic N) is 3. The van der Waals surface area contributed by atoms with Crippen LogP contribution in [0.4, 0.5) is 5.82 Å². The van der Waals surface area contributed by atoms with Crippen molar-refractivity contribution in [2.45, 2.75) is 49.7 Å². The summed E-state index contributed by atoms with van der Waals surface area (Å²) in [7, 11) is 0. The molecule has 7 nitrogen and oxygen atoms in total. The Kier molecular flexibility index (Phi) is 5.35. The number of carbonyl (C=O) groups excluding carboxylic acids is 2. The van der Waals surface area contributed by atoms with Crippen molar-refractivity contribution in [2.24, 2.45) is 5.92 Å². The highest BCUT2D eigenvalue weighted by atomic mass is 32.2. The molecular weight excluding hydrogens is 328 g/mol. The molecule has 2 aliphatic rings. The summed E-state index contributed by atoms with van der Waals surface area (Å²) in [6, 6.07) is 0.117. The van der Waals surface area contributed by atoms with Gasteiger partial charge in [0, 0.05) is 41.4 Å². The maximum absolute atomic E-state index is 11.9. The Morgan fingerprint density at radius 2 is 2.17 bits per heavy atom. The Balaban J connectivity index is 1.94. The number of rotatable bonds is 6. The van der Waals surface area contributed by atoms with Crippen LogP contribution in [0.1, 0.15) is 37.7 Å². The second kappa shape index (κ2) is 7.48. The molecule has 1 aromatic rings. The van der Waals surface area contributed by atoms with E-state index in [0.29, 0.717) is 18.8 Å². The normalized spacial score (nSPS) is 22.4. The smallest absolute Gasteiger partial charge is 0.344 e. The van der Waals surface area contributed by atoms with E-state index in [1.54, 1.807) is 11.1 Å². The summed E-state index contributed by atoms with van der Waals surface area (Å²) in [5.74, 6) is 0.418. The molecule has 8 heteroatoms. The molecule has 2 heterocycles. The Labute approximate surface area is 144 Å². The molecule has 2 atom stereocenters. The van der Waals surface area contributed by atoms with Crippen LogP contribution in [0.5, 0.6) is 0 Å². The molecule has 2 amide bonds. The van der Waals surface area contributed by atoms with Crippen LogP contribution in [0.3, 0.4) is 0 Å². The minimum absolute atomic E-state index is 0.0302. The summed E-state index contributed by atoms with van der Waals surface area (Å²) in [4.78, 5) is 33.8. The zero-order valence-electron chi connectivity index (χ0n) is 13.7. The van der Waals surface area contributed by atoms with Crippen LogP contribution < -0.4 is 10.2 Å². The van der Waals surface area contributed by atoms with Crippen LogP contribution in [0.2, 0.25) is 0 Å². The van der Waals surface area contributed by atoms with Crippen LogP contribution in [-0.4, -0.2) is 45.7 Å². The summed E-state index contributed by atoms with van der Waals surface area (Å²) in [5, 5.41) is 3.04. The van der Waals surface area contributed by atoms with Gasteiger partial charge in [-0.05, 0) is 25.7 Å². The molecule has 0 radical (unpaired) electrons. The second-order valence-corrected chi connectivity index (χ2v) is 7.66. The summed E-state index contributed by atoms with van der Waals surface area (Å²) in [5.41, 5.74) is 0.769. The maximum atomic E-state index is 11.9. The fraction of sp³-hybridized carbons (Fsp3) is 0.625. The van der Waals surface area contributed by atoms with Crippen molar-refractivity contribution in [3.8, 4) is 0 Å². The van der Waals surface area contributed by atoms with Gasteiger partial charge in [-0.25, -0.2) is 0 Å². The molecule has 0 aromatic carbocycles. The lowest BCUT2D eigenvalue weighted by atomic mass is 9.99. The molecule has 130 valence electrons. The number of hydrogen-bond acceptors (Lipinski definition) is 5. The Morgan fingerprint density at radius 3 is 2.75 bits per heavy atom. The third kappa shape index (κ3) is 3.54. The predicted molar refractivity (Wildman–Crippen MR) is 90.0 cm³/mol. The van der Waals surface area contributed by atoms with Crippen molar-refractivity contribution in [3.63, 3.8) is 0 Å². The van der Waals surface area contributed by atoms with Crippen molar-refractivity contribution >= 4 is 29.3 Å². The third-order valence-electron chi connectivity index (χ3n) is 4.78. The number of anilines is 1. The molecule has 1 saturated heterocycles. The van der Waals surface area contributed by atoms with Crippen LogP contribution in [-0.2, 0) is 27.2 Å². The second-order valence-electron chi connectivity index (χ2n) is 6.39. The zero-order chi connectivity index (χ0) is 17.1. The van der Waals surface area contributed by atoms with Crippen molar-refractivity contribution < 1.29 is 14.1 Å². The molecule has 3 rings (SSSR count). The lowest BCUT2D eigenvalue weighted by Gasteiger charge is -2.26. The number of hydrogen-bond donors (Lipinski definition) is 1. The lowest BCUT2D eigenvalue weighted by molar-refractivity contribution is -0.122. The van der Waals surface area contributed by atoms with E-state index in [9.17, 15) is 14.1 Å². The lowest BCUT2D eigenvalue weighted by Crippen LogP contribution is -2.34. The van der Waals surface area contributed by atoms with E-state index in [2.05, 4.69) is 15.3 Å². The van der Waals surface area contributed by atoms with Crippen molar-refractivity contribution in [1.29, 1.82) is 0 Å². The summed E-state index contributed by atoms with van der Waals surface area (Å²) in [6.45, 7) is 0.677. The van der Waals surface area contributed by atoms with Gasteiger partial charge in [0.2, 0.25) is 12.3 Å². The standard InChI is InChI=1S/C16H22N4O3S/c1-24(23)16-18-9-12(8-11-6-7-17-15(11)22)14(19-16)20(10-21)13-4-2-3-5-13/h9-11,13H,2-8H2,1H3,(H,17,22)/t11-,24?/m0/s1. The van der Waals surface area contributed by atoms with E-state index < -0.39 is 11.2 Å². The highest BCUT2D eigenvalue weighted by Crippen LogP contribution is 2.30. The van der Waals surface area contributed by atoms with Gasteiger partial charge in [0.05, 0.1) is 0 Å². The first-order valence-corrected chi connectivity index (χ1v) is 9.86. The minimum Gasteiger partial charge on any atom is -0.609 e. The van der Waals surface area contributed by atoms with Gasteiger partial charge in [-0.15, -0.1) is 0 Å². The molecule has 0 spiro atoms. The van der Waals surface area contributed by atoms with Gasteiger partial charge in [-0.2, -0.15) is 9.97 Å². The highest BCUT2D eigenvalue weighted by molar-refractivity contribution is 7.90. The van der Waals surface area contributed by atoms with Gasteiger partial charge >= 0.3 is 5.16 Å². The van der Waals surface area contributed by atoms with Crippen LogP contribution >= 0.6 is 0 Å². The van der Waals surface area contributed by atoms with Crippen molar-refractivity contribution in [3.05, 3.63) is 11.8 Å². The first-order valence-electron chi connectivity index (χ1n) is 8.31. The van der Waals surface area contributed by atoms with E-state index >= 15 is 0 Å². The summed E-state index contributed by atoms with van der Waals surface area (Å²) >= 11 is -1.32. The van der Waals surface area contributed by atoms with E-state index in [-0.39, 0.29) is 23.0 Å². The minimum atomic E-state index is -1.32. The molecule has 1 aromatic heterocycles. The van der Waals surface area contributed by atoms with Gasteiger partial charge in [0.1, 0.15) is 12.1 Å². The largest absolute Gasteiger partial charge is 0.609 e. The van der Waals surface area contributed by atoms with Crippen LogP contribution in [0, 0.1) is 5.92 Å². The SMILES string of the molecule is C[S+]([O-])c1ncc(C[C@@H]2CCNC2=O)c(N(C=O)C2CCCC2)n1. The topological polar surface area (TPSA) is 98.3 Å². The molecule has 1 aliphatic carbocycles. The quantitative estimate of drug-likeness (QED) is 0.465.